The summed E-state index contributed by atoms with van der Waals surface area (Å²) >= 11 is 0. The molecule has 0 N–H and O–H groups in total. The minimum absolute atomic E-state index is 0.0181. The Morgan fingerprint density at radius 1 is 1.00 bits per heavy atom. The summed E-state index contributed by atoms with van der Waals surface area (Å²) in [5, 5.41) is 0. The lowest BCUT2D eigenvalue weighted by atomic mass is 9.80. The highest BCUT2D eigenvalue weighted by Gasteiger charge is 2.32. The Kier molecular flexibility index (Phi) is 7.46. The fourth-order valence-corrected chi connectivity index (χ4v) is 3.44. The summed E-state index contributed by atoms with van der Waals surface area (Å²) in [5.41, 5.74) is 4.04. The van der Waals surface area contributed by atoms with E-state index in [1.807, 2.05) is 52.0 Å². The summed E-state index contributed by atoms with van der Waals surface area (Å²) < 4.78 is 11.2. The van der Waals surface area contributed by atoms with Crippen molar-refractivity contribution in [2.24, 2.45) is 5.92 Å². The molecule has 0 radical (unpaired) electrons. The average Bonchev–Trinajstić information content (AvgIpc) is 2.63. The normalized spacial score (nSPS) is 12.6. The molecular weight excluding hydrogens is 376 g/mol. The third-order valence-electron chi connectivity index (χ3n) is 5.19. The van der Waals surface area contributed by atoms with Gasteiger partial charge >= 0.3 is 11.9 Å². The van der Waals surface area contributed by atoms with Crippen molar-refractivity contribution >= 4 is 11.9 Å². The highest BCUT2D eigenvalue weighted by molar-refractivity contribution is 5.92. The highest BCUT2D eigenvalue weighted by atomic mass is 16.5. The number of hydrogen-bond donors (Lipinski definition) is 0. The molecule has 0 fully saturated rings. The number of ether oxygens (including phenoxy) is 2. The van der Waals surface area contributed by atoms with Crippen LogP contribution in [0.4, 0.5) is 0 Å². The van der Waals surface area contributed by atoms with Crippen molar-refractivity contribution in [3.8, 4) is 5.75 Å². The largest absolute Gasteiger partial charge is 0.466 e. The van der Waals surface area contributed by atoms with E-state index in [-0.39, 0.29) is 17.3 Å². The third-order valence-corrected chi connectivity index (χ3v) is 5.19. The lowest BCUT2D eigenvalue weighted by molar-refractivity contribution is -0.146. The standard InChI is InChI=1S/C26H34O4/c1-9-29-25(28)22(16(2)3)21-15-20(26(6,7)8)14-18(5)23(21)30-24(27)19-12-10-17(4)11-13-19/h10-16,22H,9H2,1-8H3. The summed E-state index contributed by atoms with van der Waals surface area (Å²) in [6.45, 7) is 16.3. The zero-order chi connectivity index (χ0) is 22.6. The molecule has 0 amide bonds. The van der Waals surface area contributed by atoms with Gasteiger partial charge in [0.25, 0.3) is 0 Å². The Morgan fingerprint density at radius 3 is 2.10 bits per heavy atom. The van der Waals surface area contributed by atoms with Crippen LogP contribution in [0.15, 0.2) is 36.4 Å². The van der Waals surface area contributed by atoms with Crippen molar-refractivity contribution in [3.05, 3.63) is 64.2 Å². The van der Waals surface area contributed by atoms with E-state index in [0.717, 1.165) is 16.7 Å². The number of hydrogen-bond acceptors (Lipinski definition) is 4. The molecule has 30 heavy (non-hydrogen) atoms. The van der Waals surface area contributed by atoms with Crippen LogP contribution in [0.25, 0.3) is 0 Å². The van der Waals surface area contributed by atoms with Crippen LogP contribution in [-0.4, -0.2) is 18.5 Å². The van der Waals surface area contributed by atoms with Gasteiger partial charge in [-0.25, -0.2) is 4.79 Å². The van der Waals surface area contributed by atoms with Crippen LogP contribution in [0.3, 0.4) is 0 Å². The molecule has 4 nitrogen and oxygen atoms in total. The molecule has 2 rings (SSSR count). The predicted octanol–water partition coefficient (Wildman–Crippen LogP) is 6.12. The van der Waals surface area contributed by atoms with E-state index in [4.69, 9.17) is 9.47 Å². The third kappa shape index (κ3) is 5.50. The van der Waals surface area contributed by atoms with Gasteiger partial charge in [0.2, 0.25) is 0 Å². The monoisotopic (exact) mass is 410 g/mol. The summed E-state index contributed by atoms with van der Waals surface area (Å²) in [6, 6.07) is 11.3. The van der Waals surface area contributed by atoms with Gasteiger partial charge in [-0.1, -0.05) is 64.4 Å². The van der Waals surface area contributed by atoms with Gasteiger partial charge in [-0.2, -0.15) is 0 Å². The summed E-state index contributed by atoms with van der Waals surface area (Å²) in [6.07, 6.45) is 0. The molecule has 2 aromatic rings. The van der Waals surface area contributed by atoms with Crippen molar-refractivity contribution in [2.45, 2.75) is 66.7 Å². The quantitative estimate of drug-likeness (QED) is 0.425. The van der Waals surface area contributed by atoms with Gasteiger partial charge in [-0.05, 0) is 55.4 Å². The maximum atomic E-state index is 12.9. The van der Waals surface area contributed by atoms with E-state index in [2.05, 4.69) is 20.8 Å². The van der Waals surface area contributed by atoms with Crippen LogP contribution in [0.1, 0.15) is 80.1 Å². The fraction of sp³-hybridized carbons (Fsp3) is 0.462. The SMILES string of the molecule is CCOC(=O)C(c1cc(C(C)(C)C)cc(C)c1OC(=O)c1ccc(C)cc1)C(C)C. The highest BCUT2D eigenvalue weighted by Crippen LogP contribution is 2.39. The minimum Gasteiger partial charge on any atom is -0.466 e. The van der Waals surface area contributed by atoms with Crippen LogP contribution in [-0.2, 0) is 14.9 Å². The zero-order valence-electron chi connectivity index (χ0n) is 19.5. The van der Waals surface area contributed by atoms with Crippen LogP contribution < -0.4 is 4.74 Å². The number of aryl methyl sites for hydroxylation is 2. The predicted molar refractivity (Wildman–Crippen MR) is 120 cm³/mol. The smallest absolute Gasteiger partial charge is 0.343 e. The molecule has 0 aromatic heterocycles. The molecule has 0 aliphatic carbocycles. The Hall–Kier alpha value is -2.62. The van der Waals surface area contributed by atoms with Crippen LogP contribution in [0, 0.1) is 19.8 Å². The first kappa shape index (κ1) is 23.7. The topological polar surface area (TPSA) is 52.6 Å². The fourth-order valence-electron chi connectivity index (χ4n) is 3.44. The molecule has 162 valence electrons. The summed E-state index contributed by atoms with van der Waals surface area (Å²) in [4.78, 5) is 25.7. The van der Waals surface area contributed by atoms with E-state index in [0.29, 0.717) is 23.5 Å². The zero-order valence-corrected chi connectivity index (χ0v) is 19.5. The van der Waals surface area contributed by atoms with Crippen LogP contribution >= 0.6 is 0 Å². The van der Waals surface area contributed by atoms with Crippen molar-refractivity contribution in [3.63, 3.8) is 0 Å². The summed E-state index contributed by atoms with van der Waals surface area (Å²) in [5.74, 6) is -0.831. The molecule has 2 aromatic carbocycles. The number of carbonyl (C=O) groups is 2. The Balaban J connectivity index is 2.61. The van der Waals surface area contributed by atoms with E-state index < -0.39 is 11.9 Å². The Labute approximate surface area is 180 Å². The minimum atomic E-state index is -0.522. The molecule has 0 spiro atoms. The second-order valence-electron chi connectivity index (χ2n) is 9.19. The number of rotatable bonds is 6. The van der Waals surface area contributed by atoms with E-state index in [9.17, 15) is 9.59 Å². The van der Waals surface area contributed by atoms with Gasteiger partial charge in [0.1, 0.15) is 5.75 Å². The molecule has 1 atom stereocenters. The Morgan fingerprint density at radius 2 is 1.60 bits per heavy atom. The number of carbonyl (C=O) groups excluding carboxylic acids is 2. The van der Waals surface area contributed by atoms with Crippen molar-refractivity contribution in [1.29, 1.82) is 0 Å². The molecular formula is C26H34O4. The lowest BCUT2D eigenvalue weighted by Crippen LogP contribution is -2.24. The summed E-state index contributed by atoms with van der Waals surface area (Å²) in [7, 11) is 0. The van der Waals surface area contributed by atoms with Gasteiger partial charge in [0, 0.05) is 5.56 Å². The second-order valence-corrected chi connectivity index (χ2v) is 9.19. The average molecular weight is 411 g/mol. The molecule has 4 heteroatoms. The molecule has 0 saturated heterocycles. The van der Waals surface area contributed by atoms with Gasteiger partial charge in [-0.3, -0.25) is 4.79 Å². The molecule has 0 aliphatic rings. The molecule has 0 heterocycles. The first-order valence-electron chi connectivity index (χ1n) is 10.6. The van der Waals surface area contributed by atoms with Gasteiger partial charge in [0.05, 0.1) is 18.1 Å². The lowest BCUT2D eigenvalue weighted by Gasteiger charge is -2.27. The molecule has 0 saturated carbocycles. The van der Waals surface area contributed by atoms with Crippen LogP contribution in [0.2, 0.25) is 0 Å². The first-order chi connectivity index (χ1) is 14.0. The van der Waals surface area contributed by atoms with Gasteiger partial charge in [-0.15, -0.1) is 0 Å². The van der Waals surface area contributed by atoms with Gasteiger partial charge in [0.15, 0.2) is 0 Å². The van der Waals surface area contributed by atoms with E-state index in [1.54, 1.807) is 19.1 Å². The molecule has 0 aliphatic heterocycles. The van der Waals surface area contributed by atoms with E-state index in [1.165, 1.54) is 0 Å². The van der Waals surface area contributed by atoms with Crippen LogP contribution in [0.5, 0.6) is 5.75 Å². The second kappa shape index (κ2) is 9.46. The van der Waals surface area contributed by atoms with Gasteiger partial charge < -0.3 is 9.47 Å². The Bertz CT molecular complexity index is 902. The maximum Gasteiger partial charge on any atom is 0.343 e. The molecule has 1 unspecified atom stereocenters. The maximum absolute atomic E-state index is 12.9. The van der Waals surface area contributed by atoms with Crippen molar-refractivity contribution < 1.29 is 19.1 Å². The molecule has 0 bridgehead atoms. The number of esters is 2. The first-order valence-corrected chi connectivity index (χ1v) is 10.6. The number of benzene rings is 2. The van der Waals surface area contributed by atoms with Crippen molar-refractivity contribution in [2.75, 3.05) is 6.61 Å². The van der Waals surface area contributed by atoms with E-state index >= 15 is 0 Å². The van der Waals surface area contributed by atoms with Crippen molar-refractivity contribution in [1.82, 2.24) is 0 Å².